The summed E-state index contributed by atoms with van der Waals surface area (Å²) in [6, 6.07) is 7.21. The maximum Gasteiger partial charge on any atom is 0.325 e. The van der Waals surface area contributed by atoms with Crippen LogP contribution in [-0.4, -0.2) is 19.1 Å². The predicted octanol–water partition coefficient (Wildman–Crippen LogP) is 2.71. The van der Waals surface area contributed by atoms with Crippen LogP contribution >= 0.6 is 11.6 Å². The zero-order valence-electron chi connectivity index (χ0n) is 8.91. The van der Waals surface area contributed by atoms with Gasteiger partial charge in [-0.2, -0.15) is 0 Å². The van der Waals surface area contributed by atoms with E-state index in [9.17, 15) is 4.79 Å². The maximum absolute atomic E-state index is 11.3. The predicted molar refractivity (Wildman–Crippen MR) is 63.6 cm³/mol. The molecule has 1 aromatic carbocycles. The van der Waals surface area contributed by atoms with Crippen molar-refractivity contribution in [2.45, 2.75) is 12.8 Å². The molecule has 1 fully saturated rings. The van der Waals surface area contributed by atoms with Gasteiger partial charge in [-0.1, -0.05) is 11.6 Å². The number of hydrogen-bond donors (Lipinski definition) is 1. The Bertz CT molecular complexity index is 360. The molecule has 0 spiro atoms. The summed E-state index contributed by atoms with van der Waals surface area (Å²) >= 11 is 5.75. The highest BCUT2D eigenvalue weighted by Gasteiger charge is 2.22. The Morgan fingerprint density at radius 1 is 1.38 bits per heavy atom. The molecule has 0 saturated heterocycles. The summed E-state index contributed by atoms with van der Waals surface area (Å²) in [7, 11) is 0. The third-order valence-corrected chi connectivity index (χ3v) is 2.71. The summed E-state index contributed by atoms with van der Waals surface area (Å²) in [5.74, 6) is 0.404. The molecule has 1 aliphatic rings. The van der Waals surface area contributed by atoms with Crippen molar-refractivity contribution < 1.29 is 9.53 Å². The van der Waals surface area contributed by atoms with Crippen LogP contribution in [0.3, 0.4) is 0 Å². The molecule has 0 aromatic heterocycles. The zero-order valence-corrected chi connectivity index (χ0v) is 9.67. The molecule has 0 unspecified atom stereocenters. The monoisotopic (exact) mass is 239 g/mol. The molecular formula is C12H14ClNO2. The van der Waals surface area contributed by atoms with E-state index in [1.807, 2.05) is 12.1 Å². The second-order valence-corrected chi connectivity index (χ2v) is 4.42. The Labute approximate surface area is 99.7 Å². The van der Waals surface area contributed by atoms with Gasteiger partial charge < -0.3 is 10.1 Å². The Kier molecular flexibility index (Phi) is 3.67. The third kappa shape index (κ3) is 3.74. The molecule has 86 valence electrons. The molecule has 2 rings (SSSR count). The first kappa shape index (κ1) is 11.3. The molecule has 16 heavy (non-hydrogen) atoms. The van der Waals surface area contributed by atoms with Crippen molar-refractivity contribution in [1.82, 2.24) is 0 Å². The van der Waals surface area contributed by atoms with Gasteiger partial charge in [0.2, 0.25) is 0 Å². The molecular weight excluding hydrogens is 226 g/mol. The minimum Gasteiger partial charge on any atom is -0.464 e. The van der Waals surface area contributed by atoms with Gasteiger partial charge >= 0.3 is 5.97 Å². The zero-order chi connectivity index (χ0) is 11.4. The lowest BCUT2D eigenvalue weighted by Gasteiger charge is -2.06. The number of esters is 1. The first-order valence-electron chi connectivity index (χ1n) is 5.39. The van der Waals surface area contributed by atoms with Gasteiger partial charge in [-0.25, -0.2) is 0 Å². The molecule has 4 heteroatoms. The van der Waals surface area contributed by atoms with Crippen LogP contribution < -0.4 is 5.32 Å². The van der Waals surface area contributed by atoms with Gasteiger partial charge in [0.15, 0.2) is 0 Å². The fourth-order valence-electron chi connectivity index (χ4n) is 1.29. The van der Waals surface area contributed by atoms with Crippen molar-refractivity contribution >= 4 is 23.3 Å². The number of halogens is 1. The molecule has 0 amide bonds. The van der Waals surface area contributed by atoms with Gasteiger partial charge in [0.1, 0.15) is 6.54 Å². The van der Waals surface area contributed by atoms with E-state index in [0.717, 1.165) is 5.69 Å². The van der Waals surface area contributed by atoms with Crippen LogP contribution in [0.15, 0.2) is 24.3 Å². The summed E-state index contributed by atoms with van der Waals surface area (Å²) < 4.78 is 5.08. The van der Waals surface area contributed by atoms with E-state index in [2.05, 4.69) is 5.32 Å². The number of benzene rings is 1. The van der Waals surface area contributed by atoms with Gasteiger partial charge in [0.25, 0.3) is 0 Å². The van der Waals surface area contributed by atoms with E-state index in [1.165, 1.54) is 12.8 Å². The second kappa shape index (κ2) is 5.21. The highest BCUT2D eigenvalue weighted by Crippen LogP contribution is 2.28. The van der Waals surface area contributed by atoms with Crippen molar-refractivity contribution in [1.29, 1.82) is 0 Å². The fourth-order valence-corrected chi connectivity index (χ4v) is 1.41. The third-order valence-electron chi connectivity index (χ3n) is 2.46. The van der Waals surface area contributed by atoms with Crippen LogP contribution in [0.2, 0.25) is 5.02 Å². The number of carbonyl (C=O) groups excluding carboxylic acids is 1. The maximum atomic E-state index is 11.3. The van der Waals surface area contributed by atoms with Crippen molar-refractivity contribution in [3.63, 3.8) is 0 Å². The summed E-state index contributed by atoms with van der Waals surface area (Å²) in [5, 5.41) is 3.66. The largest absolute Gasteiger partial charge is 0.464 e. The van der Waals surface area contributed by atoms with Gasteiger partial charge in [0.05, 0.1) is 6.61 Å². The average molecular weight is 240 g/mol. The van der Waals surface area contributed by atoms with Gasteiger partial charge in [-0.15, -0.1) is 0 Å². The number of nitrogens with one attached hydrogen (secondary N) is 1. The second-order valence-electron chi connectivity index (χ2n) is 3.99. The van der Waals surface area contributed by atoms with Gasteiger partial charge in [0, 0.05) is 10.7 Å². The van der Waals surface area contributed by atoms with Crippen LogP contribution in [0.1, 0.15) is 12.8 Å². The molecule has 0 radical (unpaired) electrons. The smallest absolute Gasteiger partial charge is 0.325 e. The van der Waals surface area contributed by atoms with E-state index in [4.69, 9.17) is 16.3 Å². The van der Waals surface area contributed by atoms with E-state index in [-0.39, 0.29) is 12.5 Å². The number of rotatable bonds is 5. The average Bonchev–Trinajstić information content (AvgIpc) is 3.09. The van der Waals surface area contributed by atoms with Crippen LogP contribution in [0, 0.1) is 5.92 Å². The van der Waals surface area contributed by atoms with Crippen molar-refractivity contribution in [2.75, 3.05) is 18.5 Å². The van der Waals surface area contributed by atoms with Crippen LogP contribution in [0.25, 0.3) is 0 Å². The molecule has 0 heterocycles. The lowest BCUT2D eigenvalue weighted by molar-refractivity contribution is -0.141. The first-order chi connectivity index (χ1) is 7.74. The highest BCUT2D eigenvalue weighted by molar-refractivity contribution is 6.30. The molecule has 1 aliphatic carbocycles. The molecule has 1 N–H and O–H groups in total. The standard InChI is InChI=1S/C12H14ClNO2/c13-10-3-5-11(6-4-10)14-7-12(15)16-8-9-1-2-9/h3-6,9,14H,1-2,7-8H2. The van der Waals surface area contributed by atoms with Gasteiger partial charge in [-0.05, 0) is 43.0 Å². The number of carbonyl (C=O) groups is 1. The number of hydrogen-bond acceptors (Lipinski definition) is 3. The van der Waals surface area contributed by atoms with E-state index in [1.54, 1.807) is 12.1 Å². The van der Waals surface area contributed by atoms with E-state index < -0.39 is 0 Å². The summed E-state index contributed by atoms with van der Waals surface area (Å²) in [6.45, 7) is 0.773. The minimum absolute atomic E-state index is 0.203. The quantitative estimate of drug-likeness (QED) is 0.803. The topological polar surface area (TPSA) is 38.3 Å². The summed E-state index contributed by atoms with van der Waals surface area (Å²) in [4.78, 5) is 11.3. The van der Waals surface area contributed by atoms with Crippen molar-refractivity contribution in [3.05, 3.63) is 29.3 Å². The number of ether oxygens (including phenoxy) is 1. The summed E-state index contributed by atoms with van der Waals surface area (Å²) in [6.07, 6.45) is 2.38. The molecule has 3 nitrogen and oxygen atoms in total. The number of anilines is 1. The Morgan fingerprint density at radius 2 is 2.06 bits per heavy atom. The highest BCUT2D eigenvalue weighted by atomic mass is 35.5. The van der Waals surface area contributed by atoms with Crippen LogP contribution in [0.4, 0.5) is 5.69 Å². The molecule has 1 saturated carbocycles. The molecule has 1 aromatic rings. The lowest BCUT2D eigenvalue weighted by Crippen LogP contribution is -2.17. The van der Waals surface area contributed by atoms with Crippen molar-refractivity contribution in [2.24, 2.45) is 5.92 Å². The first-order valence-corrected chi connectivity index (χ1v) is 5.77. The molecule has 0 aliphatic heterocycles. The fraction of sp³-hybridized carbons (Fsp3) is 0.417. The Morgan fingerprint density at radius 3 is 2.69 bits per heavy atom. The normalized spacial score (nSPS) is 14.6. The van der Waals surface area contributed by atoms with Crippen molar-refractivity contribution in [3.8, 4) is 0 Å². The van der Waals surface area contributed by atoms with Crippen LogP contribution in [0.5, 0.6) is 0 Å². The van der Waals surface area contributed by atoms with Crippen LogP contribution in [-0.2, 0) is 9.53 Å². The minimum atomic E-state index is -0.207. The lowest BCUT2D eigenvalue weighted by atomic mass is 10.3. The Hall–Kier alpha value is -1.22. The van der Waals surface area contributed by atoms with E-state index in [0.29, 0.717) is 17.5 Å². The molecule has 0 bridgehead atoms. The Balaban J connectivity index is 1.69. The van der Waals surface area contributed by atoms with Gasteiger partial charge in [-0.3, -0.25) is 4.79 Å². The molecule has 0 atom stereocenters. The SMILES string of the molecule is O=C(CNc1ccc(Cl)cc1)OCC1CC1. The van der Waals surface area contributed by atoms with E-state index >= 15 is 0 Å². The summed E-state index contributed by atoms with van der Waals surface area (Å²) in [5.41, 5.74) is 0.868.